The monoisotopic (exact) mass is 367 g/mol. The number of rotatable bonds is 7. The van der Waals surface area contributed by atoms with Gasteiger partial charge in [0.1, 0.15) is 0 Å². The first-order chi connectivity index (χ1) is 12.8. The number of nitrogens with zero attached hydrogens (tertiary/aromatic N) is 2. The first-order valence-corrected chi connectivity index (χ1v) is 10.0. The van der Waals surface area contributed by atoms with Crippen LogP contribution in [-0.4, -0.2) is 17.5 Å². The highest BCUT2D eigenvalue weighted by molar-refractivity contribution is 8.13. The highest BCUT2D eigenvalue weighted by Crippen LogP contribution is 2.22. The van der Waals surface area contributed by atoms with E-state index in [1.165, 1.54) is 43.0 Å². The van der Waals surface area contributed by atoms with Gasteiger partial charge in [-0.05, 0) is 35.6 Å². The first-order valence-electron chi connectivity index (χ1n) is 9.03. The molecule has 2 aromatic rings. The van der Waals surface area contributed by atoms with Crippen molar-refractivity contribution < 1.29 is 4.74 Å². The SMILES string of the molecule is NC(=NN=Cc1cccc(COC2CCCC2)c1)SCc1ccccc1. The fourth-order valence-electron chi connectivity index (χ4n) is 2.95. The Morgan fingerprint density at radius 2 is 1.85 bits per heavy atom. The van der Waals surface area contributed by atoms with Crippen molar-refractivity contribution in [3.8, 4) is 0 Å². The zero-order valence-electron chi connectivity index (χ0n) is 14.9. The third-order valence-electron chi connectivity index (χ3n) is 4.33. The fourth-order valence-corrected chi connectivity index (χ4v) is 3.56. The van der Waals surface area contributed by atoms with Gasteiger partial charge >= 0.3 is 0 Å². The maximum Gasteiger partial charge on any atom is 0.180 e. The van der Waals surface area contributed by atoms with Crippen LogP contribution in [0, 0.1) is 0 Å². The summed E-state index contributed by atoms with van der Waals surface area (Å²) in [5.74, 6) is 0.791. The van der Waals surface area contributed by atoms with Crippen molar-refractivity contribution >= 4 is 23.1 Å². The second-order valence-corrected chi connectivity index (χ2v) is 7.42. The van der Waals surface area contributed by atoms with E-state index in [0.29, 0.717) is 17.9 Å². The largest absolute Gasteiger partial charge is 0.377 e. The van der Waals surface area contributed by atoms with E-state index in [1.54, 1.807) is 6.21 Å². The predicted molar refractivity (Wildman–Crippen MR) is 110 cm³/mol. The van der Waals surface area contributed by atoms with E-state index in [-0.39, 0.29) is 0 Å². The lowest BCUT2D eigenvalue weighted by Crippen LogP contribution is -2.07. The Morgan fingerprint density at radius 3 is 2.65 bits per heavy atom. The highest BCUT2D eigenvalue weighted by atomic mass is 32.2. The number of hydrogen-bond acceptors (Lipinski definition) is 4. The number of hydrogen-bond donors (Lipinski definition) is 1. The summed E-state index contributed by atoms with van der Waals surface area (Å²) >= 11 is 1.48. The van der Waals surface area contributed by atoms with E-state index in [1.807, 2.05) is 30.3 Å². The topological polar surface area (TPSA) is 60.0 Å². The van der Waals surface area contributed by atoms with E-state index in [4.69, 9.17) is 10.5 Å². The fraction of sp³-hybridized carbons (Fsp3) is 0.333. The minimum atomic E-state index is 0.429. The second kappa shape index (κ2) is 10.1. The lowest BCUT2D eigenvalue weighted by atomic mass is 10.1. The van der Waals surface area contributed by atoms with Crippen LogP contribution in [0.2, 0.25) is 0 Å². The molecule has 1 aliphatic carbocycles. The van der Waals surface area contributed by atoms with Crippen LogP contribution in [0.4, 0.5) is 0 Å². The molecule has 3 rings (SSSR count). The normalized spacial score (nSPS) is 15.8. The summed E-state index contributed by atoms with van der Waals surface area (Å²) in [5, 5.41) is 8.64. The first kappa shape index (κ1) is 18.7. The van der Waals surface area contributed by atoms with Gasteiger partial charge in [-0.3, -0.25) is 0 Å². The molecule has 0 unspecified atom stereocenters. The van der Waals surface area contributed by atoms with Crippen LogP contribution < -0.4 is 5.73 Å². The van der Waals surface area contributed by atoms with Gasteiger partial charge in [0.25, 0.3) is 0 Å². The summed E-state index contributed by atoms with van der Waals surface area (Å²) in [4.78, 5) is 0. The molecule has 4 nitrogen and oxygen atoms in total. The molecule has 0 amide bonds. The molecule has 136 valence electrons. The van der Waals surface area contributed by atoms with Crippen molar-refractivity contribution in [3.63, 3.8) is 0 Å². The minimum Gasteiger partial charge on any atom is -0.377 e. The summed E-state index contributed by atoms with van der Waals surface area (Å²) in [5.41, 5.74) is 9.29. The molecule has 5 heteroatoms. The van der Waals surface area contributed by atoms with E-state index in [0.717, 1.165) is 16.9 Å². The minimum absolute atomic E-state index is 0.429. The van der Waals surface area contributed by atoms with Crippen LogP contribution in [0.15, 0.2) is 64.8 Å². The molecule has 1 fully saturated rings. The van der Waals surface area contributed by atoms with E-state index in [9.17, 15) is 0 Å². The number of thioether (sulfide) groups is 1. The molecule has 0 radical (unpaired) electrons. The molecule has 0 spiro atoms. The predicted octanol–water partition coefficient (Wildman–Crippen LogP) is 4.73. The maximum absolute atomic E-state index is 5.97. The third-order valence-corrected chi connectivity index (χ3v) is 5.19. The lowest BCUT2D eigenvalue weighted by molar-refractivity contribution is 0.0457. The van der Waals surface area contributed by atoms with Gasteiger partial charge in [-0.1, -0.05) is 73.1 Å². The molecule has 2 N–H and O–H groups in total. The molecule has 2 aromatic carbocycles. The second-order valence-electron chi connectivity index (χ2n) is 6.42. The smallest absolute Gasteiger partial charge is 0.180 e. The zero-order chi connectivity index (χ0) is 18.0. The summed E-state index contributed by atoms with van der Waals surface area (Å²) in [6.07, 6.45) is 7.12. The van der Waals surface area contributed by atoms with Gasteiger partial charge in [-0.15, -0.1) is 5.10 Å². The Hall–Kier alpha value is -2.11. The van der Waals surface area contributed by atoms with E-state index < -0.39 is 0 Å². The van der Waals surface area contributed by atoms with Crippen LogP contribution >= 0.6 is 11.8 Å². The molecule has 26 heavy (non-hydrogen) atoms. The lowest BCUT2D eigenvalue weighted by Gasteiger charge is -2.11. The van der Waals surface area contributed by atoms with Gasteiger partial charge in [0.2, 0.25) is 0 Å². The Morgan fingerprint density at radius 1 is 1.08 bits per heavy atom. The maximum atomic E-state index is 5.97. The molecule has 0 aliphatic heterocycles. The highest BCUT2D eigenvalue weighted by Gasteiger charge is 2.15. The number of benzene rings is 2. The van der Waals surface area contributed by atoms with Crippen LogP contribution in [0.3, 0.4) is 0 Å². The number of amidine groups is 1. The Kier molecular flexibility index (Phi) is 7.28. The average Bonchev–Trinajstić information content (AvgIpc) is 3.20. The number of nitrogens with two attached hydrogens (primary N) is 1. The molecule has 0 saturated heterocycles. The van der Waals surface area contributed by atoms with Gasteiger partial charge in [0.15, 0.2) is 5.17 Å². The van der Waals surface area contributed by atoms with Crippen molar-refractivity contribution in [1.29, 1.82) is 0 Å². The molecule has 1 aliphatic rings. The summed E-state index contributed by atoms with van der Waals surface area (Å²) < 4.78 is 5.97. The van der Waals surface area contributed by atoms with Crippen LogP contribution in [0.25, 0.3) is 0 Å². The van der Waals surface area contributed by atoms with Gasteiger partial charge in [-0.2, -0.15) is 5.10 Å². The summed E-state index contributed by atoms with van der Waals surface area (Å²) in [6, 6.07) is 18.4. The standard InChI is InChI=1S/C21H25N3OS/c22-21(26-16-17-7-2-1-3-8-17)24-23-14-18-9-6-10-19(13-18)15-25-20-11-4-5-12-20/h1-3,6-10,13-14,20H,4-5,11-12,15-16H2,(H2,22,24). The van der Waals surface area contributed by atoms with Gasteiger partial charge in [0.05, 0.1) is 18.9 Å². The van der Waals surface area contributed by atoms with Gasteiger partial charge in [0, 0.05) is 5.75 Å². The van der Waals surface area contributed by atoms with Crippen molar-refractivity contribution in [1.82, 2.24) is 0 Å². The number of ether oxygens (including phenoxy) is 1. The van der Waals surface area contributed by atoms with Crippen molar-refractivity contribution in [2.75, 3.05) is 0 Å². The third kappa shape index (κ3) is 6.32. The molecule has 0 heterocycles. The van der Waals surface area contributed by atoms with Gasteiger partial charge in [-0.25, -0.2) is 0 Å². The van der Waals surface area contributed by atoms with Crippen LogP contribution in [-0.2, 0) is 17.1 Å². The van der Waals surface area contributed by atoms with E-state index >= 15 is 0 Å². The summed E-state index contributed by atoms with van der Waals surface area (Å²) in [6.45, 7) is 0.657. The molecular formula is C21H25N3OS. The van der Waals surface area contributed by atoms with Gasteiger partial charge < -0.3 is 10.5 Å². The molecule has 0 bridgehead atoms. The van der Waals surface area contributed by atoms with Crippen LogP contribution in [0.1, 0.15) is 42.4 Å². The summed E-state index contributed by atoms with van der Waals surface area (Å²) in [7, 11) is 0. The van der Waals surface area contributed by atoms with Crippen molar-refractivity contribution in [3.05, 3.63) is 71.3 Å². The Bertz CT molecular complexity index is 740. The van der Waals surface area contributed by atoms with Crippen LogP contribution in [0.5, 0.6) is 0 Å². The molecule has 0 atom stereocenters. The van der Waals surface area contributed by atoms with Crippen molar-refractivity contribution in [2.24, 2.45) is 15.9 Å². The quantitative estimate of drug-likeness (QED) is 0.437. The van der Waals surface area contributed by atoms with E-state index in [2.05, 4.69) is 34.5 Å². The molecule has 0 aromatic heterocycles. The Labute approximate surface area is 159 Å². The Balaban J connectivity index is 1.48. The molecular weight excluding hydrogens is 342 g/mol. The zero-order valence-corrected chi connectivity index (χ0v) is 15.7. The molecule has 1 saturated carbocycles. The average molecular weight is 368 g/mol. The van der Waals surface area contributed by atoms with Crippen molar-refractivity contribution in [2.45, 2.75) is 44.1 Å².